The lowest BCUT2D eigenvalue weighted by Crippen LogP contribution is -2.27. The molecule has 0 aromatic carbocycles. The summed E-state index contributed by atoms with van der Waals surface area (Å²) < 4.78 is 23.8. The lowest BCUT2D eigenvalue weighted by molar-refractivity contribution is 0.589. The molecule has 0 aliphatic heterocycles. The van der Waals surface area contributed by atoms with E-state index in [9.17, 15) is 8.42 Å². The molecule has 0 bridgehead atoms. The fourth-order valence-electron chi connectivity index (χ4n) is 1.02. The lowest BCUT2D eigenvalue weighted by atomic mass is 10.3. The standard InChI is InChI=1S/C9H12N4O2S/c1-16(14,15)13-5-4-12-9-6-8(7-10)2-3-11-9/h2-3,6,13H,4-5H2,1H3,(H,11,12). The topological polar surface area (TPSA) is 94.9 Å². The van der Waals surface area contributed by atoms with Crippen LogP contribution in [0.15, 0.2) is 18.3 Å². The normalized spacial score (nSPS) is 10.8. The van der Waals surface area contributed by atoms with Gasteiger partial charge in [-0.05, 0) is 12.1 Å². The Morgan fingerprint density at radius 3 is 2.88 bits per heavy atom. The molecule has 1 aromatic heterocycles. The number of rotatable bonds is 5. The van der Waals surface area contributed by atoms with Crippen molar-refractivity contribution < 1.29 is 8.42 Å². The molecule has 1 heterocycles. The van der Waals surface area contributed by atoms with Crippen LogP contribution in [0.5, 0.6) is 0 Å². The summed E-state index contributed by atoms with van der Waals surface area (Å²) >= 11 is 0. The number of hydrogen-bond acceptors (Lipinski definition) is 5. The summed E-state index contributed by atoms with van der Waals surface area (Å²) in [5.41, 5.74) is 0.508. The van der Waals surface area contributed by atoms with Crippen LogP contribution in [0, 0.1) is 11.3 Å². The van der Waals surface area contributed by atoms with Crippen LogP contribution in [0.1, 0.15) is 5.56 Å². The third-order valence-corrected chi connectivity index (χ3v) is 2.41. The van der Waals surface area contributed by atoms with E-state index in [1.165, 1.54) is 6.20 Å². The maximum absolute atomic E-state index is 10.7. The number of nitrogens with one attached hydrogen (secondary N) is 2. The Morgan fingerprint density at radius 2 is 2.25 bits per heavy atom. The van der Waals surface area contributed by atoms with Crippen LogP contribution in [-0.4, -0.2) is 32.7 Å². The quantitative estimate of drug-likeness (QED) is 0.702. The fraction of sp³-hybridized carbons (Fsp3) is 0.333. The molecule has 6 nitrogen and oxygen atoms in total. The van der Waals surface area contributed by atoms with Gasteiger partial charge in [0.05, 0.1) is 17.9 Å². The van der Waals surface area contributed by atoms with Crippen LogP contribution in [0.25, 0.3) is 0 Å². The highest BCUT2D eigenvalue weighted by Gasteiger charge is 1.99. The summed E-state index contributed by atoms with van der Waals surface area (Å²) in [6.45, 7) is 0.687. The summed E-state index contributed by atoms with van der Waals surface area (Å²) in [6, 6.07) is 5.19. The van der Waals surface area contributed by atoms with E-state index < -0.39 is 10.0 Å². The van der Waals surface area contributed by atoms with E-state index in [1.807, 2.05) is 6.07 Å². The van der Waals surface area contributed by atoms with Crippen molar-refractivity contribution in [3.05, 3.63) is 23.9 Å². The van der Waals surface area contributed by atoms with Crippen molar-refractivity contribution in [1.82, 2.24) is 9.71 Å². The predicted molar refractivity (Wildman–Crippen MR) is 60.3 cm³/mol. The molecule has 0 aliphatic rings. The molecule has 86 valence electrons. The lowest BCUT2D eigenvalue weighted by Gasteiger charge is -2.05. The average Bonchev–Trinajstić information content (AvgIpc) is 2.23. The van der Waals surface area contributed by atoms with Crippen molar-refractivity contribution >= 4 is 15.8 Å². The molecule has 2 N–H and O–H groups in total. The first-order chi connectivity index (χ1) is 7.51. The smallest absolute Gasteiger partial charge is 0.208 e. The van der Waals surface area contributed by atoms with Crippen molar-refractivity contribution in [3.63, 3.8) is 0 Å². The second kappa shape index (κ2) is 5.44. The van der Waals surface area contributed by atoms with Gasteiger partial charge in [0.15, 0.2) is 0 Å². The van der Waals surface area contributed by atoms with Crippen LogP contribution in [0.2, 0.25) is 0 Å². The Morgan fingerprint density at radius 1 is 1.50 bits per heavy atom. The van der Waals surface area contributed by atoms with Gasteiger partial charge >= 0.3 is 0 Å². The van der Waals surface area contributed by atoms with E-state index in [4.69, 9.17) is 5.26 Å². The maximum Gasteiger partial charge on any atom is 0.208 e. The highest BCUT2D eigenvalue weighted by atomic mass is 32.2. The molecule has 16 heavy (non-hydrogen) atoms. The summed E-state index contributed by atoms with van der Waals surface area (Å²) in [4.78, 5) is 3.98. The van der Waals surface area contributed by atoms with Gasteiger partial charge in [-0.1, -0.05) is 0 Å². The number of nitriles is 1. The molecular formula is C9H12N4O2S. The highest BCUT2D eigenvalue weighted by molar-refractivity contribution is 7.88. The molecule has 0 aliphatic carbocycles. The molecule has 0 radical (unpaired) electrons. The van der Waals surface area contributed by atoms with Crippen LogP contribution in [0.4, 0.5) is 5.82 Å². The largest absolute Gasteiger partial charge is 0.369 e. The van der Waals surface area contributed by atoms with E-state index in [2.05, 4.69) is 15.0 Å². The average molecular weight is 240 g/mol. The van der Waals surface area contributed by atoms with Crippen LogP contribution in [0.3, 0.4) is 0 Å². The van der Waals surface area contributed by atoms with Crippen molar-refractivity contribution in [1.29, 1.82) is 5.26 Å². The van der Waals surface area contributed by atoms with Crippen molar-refractivity contribution in [2.45, 2.75) is 0 Å². The molecule has 0 amide bonds. The van der Waals surface area contributed by atoms with Crippen molar-refractivity contribution in [3.8, 4) is 6.07 Å². The minimum absolute atomic E-state index is 0.275. The van der Waals surface area contributed by atoms with Gasteiger partial charge in [-0.3, -0.25) is 0 Å². The molecule has 0 fully saturated rings. The van der Waals surface area contributed by atoms with Gasteiger partial charge in [0.25, 0.3) is 0 Å². The molecular weight excluding hydrogens is 228 g/mol. The number of anilines is 1. The number of nitrogens with zero attached hydrogens (tertiary/aromatic N) is 2. The summed E-state index contributed by atoms with van der Waals surface area (Å²) in [5, 5.41) is 11.5. The van der Waals surface area contributed by atoms with Gasteiger partial charge in [0.1, 0.15) is 5.82 Å². The minimum atomic E-state index is -3.15. The Hall–Kier alpha value is -1.65. The van der Waals surface area contributed by atoms with Crippen LogP contribution >= 0.6 is 0 Å². The molecule has 0 unspecified atom stereocenters. The third-order valence-electron chi connectivity index (χ3n) is 1.68. The summed E-state index contributed by atoms with van der Waals surface area (Å²) in [5.74, 6) is 0.550. The minimum Gasteiger partial charge on any atom is -0.369 e. The first-order valence-electron chi connectivity index (χ1n) is 4.56. The highest BCUT2D eigenvalue weighted by Crippen LogP contribution is 2.04. The second-order valence-corrected chi connectivity index (χ2v) is 4.97. The third kappa shape index (κ3) is 4.72. The molecule has 7 heteroatoms. The molecule has 1 aromatic rings. The SMILES string of the molecule is CS(=O)(=O)NCCNc1cc(C#N)ccn1. The Labute approximate surface area is 94.4 Å². The van der Waals surface area contributed by atoms with Gasteiger partial charge in [0.2, 0.25) is 10.0 Å². The fourth-order valence-corrected chi connectivity index (χ4v) is 1.50. The number of sulfonamides is 1. The Kier molecular flexibility index (Phi) is 4.22. The zero-order valence-electron chi connectivity index (χ0n) is 8.77. The number of aromatic nitrogens is 1. The van der Waals surface area contributed by atoms with Gasteiger partial charge in [-0.15, -0.1) is 0 Å². The van der Waals surface area contributed by atoms with Crippen LogP contribution in [-0.2, 0) is 10.0 Å². The van der Waals surface area contributed by atoms with Gasteiger partial charge in [0, 0.05) is 19.3 Å². The maximum atomic E-state index is 10.7. The summed E-state index contributed by atoms with van der Waals surface area (Å²) in [7, 11) is -3.15. The monoisotopic (exact) mass is 240 g/mol. The van der Waals surface area contributed by atoms with E-state index in [0.717, 1.165) is 6.26 Å². The summed E-state index contributed by atoms with van der Waals surface area (Å²) in [6.07, 6.45) is 2.62. The molecule has 1 rings (SSSR count). The van der Waals surface area contributed by atoms with Gasteiger partial charge in [-0.2, -0.15) is 5.26 Å². The molecule has 0 saturated carbocycles. The predicted octanol–water partition coefficient (Wildman–Crippen LogP) is -0.0856. The Balaban J connectivity index is 2.41. The van der Waals surface area contributed by atoms with E-state index in [-0.39, 0.29) is 6.54 Å². The first kappa shape index (κ1) is 12.4. The van der Waals surface area contributed by atoms with Crippen LogP contribution < -0.4 is 10.0 Å². The second-order valence-electron chi connectivity index (χ2n) is 3.13. The first-order valence-corrected chi connectivity index (χ1v) is 6.45. The zero-order chi connectivity index (χ0) is 12.0. The molecule has 0 saturated heterocycles. The van der Waals surface area contributed by atoms with Gasteiger partial charge < -0.3 is 5.32 Å². The van der Waals surface area contributed by atoms with E-state index >= 15 is 0 Å². The molecule has 0 atom stereocenters. The van der Waals surface area contributed by atoms with E-state index in [0.29, 0.717) is 17.9 Å². The number of pyridine rings is 1. The number of hydrogen-bond donors (Lipinski definition) is 2. The molecule has 0 spiro atoms. The van der Waals surface area contributed by atoms with Crippen molar-refractivity contribution in [2.24, 2.45) is 0 Å². The Bertz CT molecular complexity index is 492. The van der Waals surface area contributed by atoms with Gasteiger partial charge in [-0.25, -0.2) is 18.1 Å². The van der Waals surface area contributed by atoms with E-state index in [1.54, 1.807) is 12.1 Å². The van der Waals surface area contributed by atoms with Crippen molar-refractivity contribution in [2.75, 3.05) is 24.7 Å². The zero-order valence-corrected chi connectivity index (χ0v) is 9.58.